The lowest BCUT2D eigenvalue weighted by atomic mass is 9.80. The molecule has 0 saturated heterocycles. The quantitative estimate of drug-likeness (QED) is 0.582. The normalized spacial score (nSPS) is 19.7. The van der Waals surface area contributed by atoms with Crippen molar-refractivity contribution >= 4 is 23.9 Å². The Labute approximate surface area is 211 Å². The molecule has 0 aromatic carbocycles. The molecule has 2 amide bonds. The van der Waals surface area contributed by atoms with Crippen LogP contribution in [-0.4, -0.2) is 51.1 Å². The summed E-state index contributed by atoms with van der Waals surface area (Å²) in [5.41, 5.74) is -0.405. The predicted octanol–water partition coefficient (Wildman–Crippen LogP) is 4.36. The van der Waals surface area contributed by atoms with Crippen LogP contribution in [0.5, 0.6) is 0 Å². The van der Waals surface area contributed by atoms with Crippen LogP contribution in [0.1, 0.15) is 77.6 Å². The van der Waals surface area contributed by atoms with Crippen molar-refractivity contribution < 1.29 is 23.9 Å². The van der Waals surface area contributed by atoms with Crippen molar-refractivity contribution in [1.82, 2.24) is 20.1 Å². The second kappa shape index (κ2) is 9.91. The number of pyridine rings is 1. The van der Waals surface area contributed by atoms with Crippen molar-refractivity contribution in [3.63, 3.8) is 0 Å². The molecule has 0 aliphatic heterocycles. The molecule has 0 unspecified atom stereocenters. The van der Waals surface area contributed by atoms with Gasteiger partial charge in [0.05, 0.1) is 16.8 Å². The predicted molar refractivity (Wildman–Crippen MR) is 133 cm³/mol. The summed E-state index contributed by atoms with van der Waals surface area (Å²) in [6.45, 7) is 9.54. The molecule has 4 rings (SSSR count). The zero-order valence-electron chi connectivity index (χ0n) is 21.5. The van der Waals surface area contributed by atoms with Crippen LogP contribution in [0.4, 0.5) is 15.4 Å². The van der Waals surface area contributed by atoms with Crippen LogP contribution in [0.15, 0.2) is 30.5 Å². The first-order chi connectivity index (χ1) is 16.9. The Hall–Kier alpha value is -3.43. The van der Waals surface area contributed by atoms with Gasteiger partial charge >= 0.3 is 12.2 Å². The third-order valence-corrected chi connectivity index (χ3v) is 6.44. The molecule has 0 bridgehead atoms. The molecular formula is C26H35N5O5. The highest BCUT2D eigenvalue weighted by Crippen LogP contribution is 2.40. The smallest absolute Gasteiger partial charge is 0.435 e. The summed E-state index contributed by atoms with van der Waals surface area (Å²) in [7, 11) is 0. The van der Waals surface area contributed by atoms with Crippen molar-refractivity contribution in [2.24, 2.45) is 5.92 Å². The van der Waals surface area contributed by atoms with Crippen LogP contribution in [0.25, 0.3) is 0 Å². The van der Waals surface area contributed by atoms with Crippen LogP contribution in [0, 0.1) is 5.92 Å². The molecule has 2 aliphatic carbocycles. The SMILES string of the molecule is CC(C)(C)OC(=O)n1nc(NC(=O)C(C)(C)c2ccccn2)cc1C1CC(OC(=O)NCC2CC2)C1. The lowest BCUT2D eigenvalue weighted by Crippen LogP contribution is -2.38. The number of nitrogens with zero attached hydrogens (tertiary/aromatic N) is 3. The molecule has 10 nitrogen and oxygen atoms in total. The van der Waals surface area contributed by atoms with Crippen molar-refractivity contribution in [1.29, 1.82) is 0 Å². The van der Waals surface area contributed by atoms with Crippen LogP contribution in [0.3, 0.4) is 0 Å². The van der Waals surface area contributed by atoms with Gasteiger partial charge in [0.1, 0.15) is 11.7 Å². The minimum absolute atomic E-state index is 0.0688. The van der Waals surface area contributed by atoms with Gasteiger partial charge in [0.25, 0.3) is 0 Å². The van der Waals surface area contributed by atoms with E-state index in [1.165, 1.54) is 4.68 Å². The van der Waals surface area contributed by atoms with E-state index in [2.05, 4.69) is 20.7 Å². The molecule has 2 aromatic rings. The van der Waals surface area contributed by atoms with E-state index in [9.17, 15) is 14.4 Å². The van der Waals surface area contributed by atoms with Crippen molar-refractivity contribution in [2.75, 3.05) is 11.9 Å². The van der Waals surface area contributed by atoms with Gasteiger partial charge in [-0.3, -0.25) is 9.78 Å². The number of carbonyl (C=O) groups excluding carboxylic acids is 3. The average Bonchev–Trinajstić information content (AvgIpc) is 3.52. The minimum Gasteiger partial charge on any atom is -0.446 e. The summed E-state index contributed by atoms with van der Waals surface area (Å²) in [4.78, 5) is 42.3. The van der Waals surface area contributed by atoms with E-state index in [4.69, 9.17) is 9.47 Å². The summed E-state index contributed by atoms with van der Waals surface area (Å²) in [5.74, 6) is 0.451. The fourth-order valence-corrected chi connectivity index (χ4v) is 3.97. The van der Waals surface area contributed by atoms with Gasteiger partial charge in [0.15, 0.2) is 5.82 Å². The Bertz CT molecular complexity index is 1110. The maximum Gasteiger partial charge on any atom is 0.435 e. The fourth-order valence-electron chi connectivity index (χ4n) is 3.97. The Morgan fingerprint density at radius 2 is 1.83 bits per heavy atom. The van der Waals surface area contributed by atoms with Crippen LogP contribution < -0.4 is 10.6 Å². The minimum atomic E-state index is -0.916. The van der Waals surface area contributed by atoms with Gasteiger partial charge in [-0.25, -0.2) is 9.59 Å². The molecular weight excluding hydrogens is 462 g/mol. The second-order valence-corrected chi connectivity index (χ2v) is 11.2. The highest BCUT2D eigenvalue weighted by molar-refractivity contribution is 5.97. The maximum atomic E-state index is 13.1. The topological polar surface area (TPSA) is 124 Å². The van der Waals surface area contributed by atoms with Gasteiger partial charge < -0.3 is 20.1 Å². The Morgan fingerprint density at radius 1 is 1.11 bits per heavy atom. The lowest BCUT2D eigenvalue weighted by Gasteiger charge is -2.34. The van der Waals surface area contributed by atoms with Gasteiger partial charge in [0, 0.05) is 24.7 Å². The first kappa shape index (κ1) is 25.7. The summed E-state index contributed by atoms with van der Waals surface area (Å²) in [5, 5.41) is 9.98. The lowest BCUT2D eigenvalue weighted by molar-refractivity contribution is -0.120. The number of carbonyl (C=O) groups is 3. The van der Waals surface area contributed by atoms with Gasteiger partial charge in [-0.1, -0.05) is 6.07 Å². The first-order valence-electron chi connectivity index (χ1n) is 12.4. The van der Waals surface area contributed by atoms with Gasteiger partial charge in [0.2, 0.25) is 5.91 Å². The third-order valence-electron chi connectivity index (χ3n) is 6.44. The van der Waals surface area contributed by atoms with Crippen LogP contribution in [-0.2, 0) is 19.7 Å². The van der Waals surface area contributed by atoms with E-state index in [1.807, 2.05) is 6.07 Å². The molecule has 0 atom stereocenters. The van der Waals surface area contributed by atoms with E-state index >= 15 is 0 Å². The molecule has 2 heterocycles. The van der Waals surface area contributed by atoms with Gasteiger partial charge in [-0.05, 0) is 78.4 Å². The zero-order valence-corrected chi connectivity index (χ0v) is 21.5. The number of rotatable bonds is 7. The maximum absolute atomic E-state index is 13.1. The monoisotopic (exact) mass is 497 g/mol. The summed E-state index contributed by atoms with van der Waals surface area (Å²) in [6.07, 6.45) is 3.77. The van der Waals surface area contributed by atoms with Gasteiger partial charge in [-0.15, -0.1) is 5.10 Å². The number of alkyl carbamates (subject to hydrolysis) is 1. The summed E-state index contributed by atoms with van der Waals surface area (Å²) >= 11 is 0. The largest absolute Gasteiger partial charge is 0.446 e. The number of nitrogens with one attached hydrogen (secondary N) is 2. The number of amides is 2. The Morgan fingerprint density at radius 3 is 2.44 bits per heavy atom. The zero-order chi connectivity index (χ0) is 26.1. The molecule has 0 spiro atoms. The van der Waals surface area contributed by atoms with Gasteiger partial charge in [-0.2, -0.15) is 4.68 Å². The molecule has 10 heteroatoms. The molecule has 194 valence electrons. The average molecular weight is 498 g/mol. The molecule has 0 radical (unpaired) electrons. The van der Waals surface area contributed by atoms with E-state index in [0.29, 0.717) is 36.7 Å². The molecule has 2 fully saturated rings. The molecule has 2 aliphatic rings. The van der Waals surface area contributed by atoms with Crippen molar-refractivity contribution in [3.8, 4) is 0 Å². The van der Waals surface area contributed by atoms with E-state index in [1.54, 1.807) is 59.0 Å². The van der Waals surface area contributed by atoms with Crippen LogP contribution in [0.2, 0.25) is 0 Å². The van der Waals surface area contributed by atoms with Crippen molar-refractivity contribution in [2.45, 2.75) is 83.3 Å². The number of hydrogen-bond acceptors (Lipinski definition) is 7. The molecule has 2 N–H and O–H groups in total. The number of hydrogen-bond donors (Lipinski definition) is 2. The van der Waals surface area contributed by atoms with E-state index in [-0.39, 0.29) is 23.7 Å². The highest BCUT2D eigenvalue weighted by atomic mass is 16.6. The standard InChI is InChI=1S/C26H35N5O5/c1-25(2,3)36-24(34)31-19(17-12-18(13-17)35-23(33)28-15-16-9-10-16)14-21(30-31)29-22(32)26(4,5)20-8-6-7-11-27-20/h6-8,11,14,16-18H,9-10,12-13,15H2,1-5H3,(H,28,33)(H,29,30,32). The van der Waals surface area contributed by atoms with E-state index in [0.717, 1.165) is 12.8 Å². The molecule has 2 aromatic heterocycles. The summed E-state index contributed by atoms with van der Waals surface area (Å²) in [6, 6.07) is 7.09. The number of ether oxygens (including phenoxy) is 2. The van der Waals surface area contributed by atoms with Crippen LogP contribution >= 0.6 is 0 Å². The first-order valence-corrected chi connectivity index (χ1v) is 12.4. The fraction of sp³-hybridized carbons (Fsp3) is 0.577. The summed E-state index contributed by atoms with van der Waals surface area (Å²) < 4.78 is 12.2. The Kier molecular flexibility index (Phi) is 7.06. The third kappa shape index (κ3) is 6.22. The van der Waals surface area contributed by atoms with E-state index < -0.39 is 23.2 Å². The number of anilines is 1. The molecule has 36 heavy (non-hydrogen) atoms. The highest BCUT2D eigenvalue weighted by Gasteiger charge is 2.38. The molecule has 2 saturated carbocycles. The number of aromatic nitrogens is 3. The van der Waals surface area contributed by atoms with Crippen molar-refractivity contribution in [3.05, 3.63) is 41.9 Å². The Balaban J connectivity index is 1.46. The second-order valence-electron chi connectivity index (χ2n) is 11.2.